The van der Waals surface area contributed by atoms with Crippen molar-refractivity contribution in [2.75, 3.05) is 0 Å². The lowest BCUT2D eigenvalue weighted by Crippen LogP contribution is -1.98. The van der Waals surface area contributed by atoms with E-state index in [2.05, 4.69) is 9.68 Å². The highest BCUT2D eigenvalue weighted by atomic mass is 35.5. The molecule has 5 heteroatoms. The molecule has 0 atom stereocenters. The van der Waals surface area contributed by atoms with Crippen molar-refractivity contribution >= 4 is 23.2 Å². The predicted molar refractivity (Wildman–Crippen MR) is 31.0 cm³/mol. The molecule has 0 bridgehead atoms. The van der Waals surface area contributed by atoms with E-state index in [4.69, 9.17) is 23.2 Å². The molecule has 1 rings (SSSR count). The van der Waals surface area contributed by atoms with Crippen LogP contribution in [0, 0.1) is 0 Å². The van der Waals surface area contributed by atoms with Gasteiger partial charge < -0.3 is 4.52 Å². The minimum absolute atomic E-state index is 0.203. The van der Waals surface area contributed by atoms with Gasteiger partial charge in [0.1, 0.15) is 0 Å². The second-order valence-electron chi connectivity index (χ2n) is 1.37. The summed E-state index contributed by atoms with van der Waals surface area (Å²) >= 11 is 9.93. The topological polar surface area (TPSA) is 26.0 Å². The van der Waals surface area contributed by atoms with Gasteiger partial charge in [-0.2, -0.15) is 4.39 Å². The monoisotopic (exact) mass is 169 g/mol. The first kappa shape index (κ1) is 6.83. The molecule has 0 amide bonds. The highest BCUT2D eigenvalue weighted by molar-refractivity contribution is 6.46. The quantitative estimate of drug-likeness (QED) is 0.604. The molecule has 0 aliphatic heterocycles. The zero-order valence-electron chi connectivity index (χ0n) is 4.14. The molecule has 0 aliphatic carbocycles. The predicted octanol–water partition coefficient (Wildman–Crippen LogP) is 2.23. The van der Waals surface area contributed by atoms with E-state index in [9.17, 15) is 4.39 Å². The summed E-state index contributed by atoms with van der Waals surface area (Å²) in [4.78, 5) is 0. The third-order valence-corrected chi connectivity index (χ3v) is 1.09. The zero-order chi connectivity index (χ0) is 6.91. The second kappa shape index (κ2) is 2.15. The summed E-state index contributed by atoms with van der Waals surface area (Å²) in [5.41, 5.74) is 0. The van der Waals surface area contributed by atoms with Gasteiger partial charge in [-0.3, -0.25) is 0 Å². The number of halogens is 3. The van der Waals surface area contributed by atoms with E-state index < -0.39 is 4.59 Å². The lowest BCUT2D eigenvalue weighted by molar-refractivity contribution is 0.289. The number of alkyl halides is 3. The summed E-state index contributed by atoms with van der Waals surface area (Å²) in [6, 6.07) is 1.25. The molecular weight excluding hydrogens is 168 g/mol. The minimum Gasteiger partial charge on any atom is -0.355 e. The van der Waals surface area contributed by atoms with Crippen molar-refractivity contribution in [3.63, 3.8) is 0 Å². The maximum atomic E-state index is 12.4. The number of hydrogen-bond donors (Lipinski definition) is 0. The number of rotatable bonds is 1. The summed E-state index contributed by atoms with van der Waals surface area (Å²) in [5.74, 6) is -0.203. The van der Waals surface area contributed by atoms with Crippen molar-refractivity contribution in [2.45, 2.75) is 4.59 Å². The van der Waals surface area contributed by atoms with Crippen LogP contribution in [0.25, 0.3) is 0 Å². The molecule has 1 aromatic heterocycles. The van der Waals surface area contributed by atoms with Crippen molar-refractivity contribution in [3.8, 4) is 0 Å². The number of nitrogens with zero attached hydrogens (tertiary/aromatic N) is 1. The largest absolute Gasteiger partial charge is 0.355 e. The molecule has 2 nitrogen and oxygen atoms in total. The van der Waals surface area contributed by atoms with Crippen LogP contribution >= 0.6 is 23.2 Å². The average molecular weight is 170 g/mol. The van der Waals surface area contributed by atoms with Crippen molar-refractivity contribution in [2.24, 2.45) is 0 Å². The first-order valence-electron chi connectivity index (χ1n) is 2.08. The van der Waals surface area contributed by atoms with Crippen LogP contribution in [0.1, 0.15) is 5.76 Å². The van der Waals surface area contributed by atoms with Gasteiger partial charge in [0.05, 0.1) is 6.20 Å². The van der Waals surface area contributed by atoms with Crippen LogP contribution < -0.4 is 0 Å². The van der Waals surface area contributed by atoms with Crippen molar-refractivity contribution in [3.05, 3.63) is 18.0 Å². The molecule has 0 radical (unpaired) electrons. The lowest BCUT2D eigenvalue weighted by Gasteiger charge is -2.00. The molecule has 0 aromatic carbocycles. The molecule has 1 heterocycles. The molecule has 0 saturated heterocycles. The second-order valence-corrected chi connectivity index (χ2v) is 2.61. The third kappa shape index (κ3) is 1.56. The van der Waals surface area contributed by atoms with Crippen LogP contribution in [0.3, 0.4) is 0 Å². The Kier molecular flexibility index (Phi) is 1.64. The molecule has 9 heavy (non-hydrogen) atoms. The van der Waals surface area contributed by atoms with E-state index in [1.54, 1.807) is 0 Å². The maximum absolute atomic E-state index is 12.4. The molecule has 1 aromatic rings. The molecule has 0 fully saturated rings. The number of hydrogen-bond acceptors (Lipinski definition) is 2. The van der Waals surface area contributed by atoms with Gasteiger partial charge in [0.2, 0.25) is 5.76 Å². The van der Waals surface area contributed by atoms with Gasteiger partial charge in [-0.15, -0.1) is 0 Å². The van der Waals surface area contributed by atoms with Crippen LogP contribution in [-0.4, -0.2) is 5.16 Å². The fourth-order valence-electron chi connectivity index (χ4n) is 0.362. The number of aromatic nitrogens is 1. The van der Waals surface area contributed by atoms with Crippen LogP contribution in [0.2, 0.25) is 0 Å². The minimum atomic E-state index is -2.46. The molecule has 0 unspecified atom stereocenters. The van der Waals surface area contributed by atoms with Gasteiger partial charge >= 0.3 is 4.59 Å². The first-order chi connectivity index (χ1) is 4.11. The molecule has 0 N–H and O–H groups in total. The zero-order valence-corrected chi connectivity index (χ0v) is 5.66. The highest BCUT2D eigenvalue weighted by Gasteiger charge is 2.29. The van der Waals surface area contributed by atoms with Crippen molar-refractivity contribution in [1.82, 2.24) is 5.16 Å². The Hall–Kier alpha value is -0.280. The van der Waals surface area contributed by atoms with Crippen LogP contribution in [0.15, 0.2) is 16.8 Å². The normalized spacial score (nSPS) is 11.9. The van der Waals surface area contributed by atoms with E-state index in [0.29, 0.717) is 0 Å². The summed E-state index contributed by atoms with van der Waals surface area (Å²) in [6.07, 6.45) is 1.26. The Balaban J connectivity index is 2.90. The van der Waals surface area contributed by atoms with Gasteiger partial charge in [0.15, 0.2) is 0 Å². The lowest BCUT2D eigenvalue weighted by atomic mass is 10.5. The van der Waals surface area contributed by atoms with E-state index in [1.165, 1.54) is 12.3 Å². The summed E-state index contributed by atoms with van der Waals surface area (Å²) in [6.45, 7) is 0. The fraction of sp³-hybridized carbons (Fsp3) is 0.250. The van der Waals surface area contributed by atoms with Gasteiger partial charge in [0, 0.05) is 6.07 Å². The molecule has 0 spiro atoms. The van der Waals surface area contributed by atoms with Gasteiger partial charge in [-0.1, -0.05) is 28.4 Å². The molecule has 0 aliphatic rings. The van der Waals surface area contributed by atoms with Crippen LogP contribution in [0.5, 0.6) is 0 Å². The Morgan fingerprint density at radius 3 is 2.56 bits per heavy atom. The van der Waals surface area contributed by atoms with E-state index >= 15 is 0 Å². The van der Waals surface area contributed by atoms with Gasteiger partial charge in [-0.25, -0.2) is 0 Å². The Bertz CT molecular complexity index is 181. The molecule has 0 saturated carbocycles. The Morgan fingerprint density at radius 2 is 2.33 bits per heavy atom. The van der Waals surface area contributed by atoms with Crippen LogP contribution in [0.4, 0.5) is 4.39 Å². The van der Waals surface area contributed by atoms with Gasteiger partial charge in [0.25, 0.3) is 0 Å². The Labute approximate surface area is 60.5 Å². The maximum Gasteiger partial charge on any atom is 0.318 e. The summed E-state index contributed by atoms with van der Waals surface area (Å²) in [5, 5.41) is 3.20. The average Bonchev–Trinajstić information content (AvgIpc) is 2.08. The first-order valence-corrected chi connectivity index (χ1v) is 2.84. The standard InChI is InChI=1S/C4H2Cl2FNO/c5-4(6,7)3-1-2-8-9-3/h1-2H. The summed E-state index contributed by atoms with van der Waals surface area (Å²) < 4.78 is 14.2. The fourth-order valence-corrected chi connectivity index (χ4v) is 0.557. The summed E-state index contributed by atoms with van der Waals surface area (Å²) in [7, 11) is 0. The van der Waals surface area contributed by atoms with Crippen LogP contribution in [-0.2, 0) is 4.59 Å². The van der Waals surface area contributed by atoms with Crippen molar-refractivity contribution in [1.29, 1.82) is 0 Å². The molecule has 50 valence electrons. The highest BCUT2D eigenvalue weighted by Crippen LogP contribution is 2.34. The van der Waals surface area contributed by atoms with Gasteiger partial charge in [-0.05, 0) is 0 Å². The smallest absolute Gasteiger partial charge is 0.318 e. The Morgan fingerprint density at radius 1 is 1.67 bits per heavy atom. The van der Waals surface area contributed by atoms with E-state index in [0.717, 1.165) is 0 Å². The molecular formula is C4H2Cl2FNO. The van der Waals surface area contributed by atoms with E-state index in [1.807, 2.05) is 0 Å². The third-order valence-electron chi connectivity index (χ3n) is 0.717. The SMILES string of the molecule is FC(Cl)(Cl)c1ccno1. The van der Waals surface area contributed by atoms with Crippen molar-refractivity contribution < 1.29 is 8.91 Å². The van der Waals surface area contributed by atoms with E-state index in [-0.39, 0.29) is 5.76 Å².